The normalized spacial score (nSPS) is 12.0. The number of para-hydroxylation sites is 1. The molecular formula is C17H21N5S. The largest absolute Gasteiger partial charge is 0.344 e. The van der Waals surface area contributed by atoms with E-state index in [1.54, 1.807) is 4.68 Å². The number of fused-ring (bicyclic) bond motifs is 1. The Morgan fingerprint density at radius 1 is 1.35 bits per heavy atom. The van der Waals surface area contributed by atoms with Crippen LogP contribution >= 0.6 is 12.2 Å². The Hall–Kier alpha value is -2.21. The van der Waals surface area contributed by atoms with Crippen LogP contribution in [0.25, 0.3) is 10.9 Å². The molecule has 0 atom stereocenters. The number of hydrogen-bond acceptors (Lipinski definition) is 3. The Balaban J connectivity index is 2.14. The lowest BCUT2D eigenvalue weighted by Gasteiger charge is -2.04. The summed E-state index contributed by atoms with van der Waals surface area (Å²) in [7, 11) is 0. The average molecular weight is 327 g/mol. The molecule has 1 aromatic carbocycles. The van der Waals surface area contributed by atoms with Gasteiger partial charge in [-0.15, -0.1) is 0 Å². The molecule has 0 aliphatic heterocycles. The van der Waals surface area contributed by atoms with Crippen LogP contribution in [0.2, 0.25) is 0 Å². The van der Waals surface area contributed by atoms with Gasteiger partial charge in [0.05, 0.1) is 6.21 Å². The van der Waals surface area contributed by atoms with Crippen molar-refractivity contribution in [3.05, 3.63) is 46.1 Å². The maximum Gasteiger partial charge on any atom is 0.216 e. The number of aromatic amines is 1. The summed E-state index contributed by atoms with van der Waals surface area (Å²) >= 11 is 5.29. The van der Waals surface area contributed by atoms with Crippen molar-refractivity contribution in [3.8, 4) is 0 Å². The van der Waals surface area contributed by atoms with Crippen molar-refractivity contribution < 1.29 is 0 Å². The summed E-state index contributed by atoms with van der Waals surface area (Å²) in [5.41, 5.74) is 3.56. The fraction of sp³-hybridized carbons (Fsp3) is 0.353. The fourth-order valence-corrected chi connectivity index (χ4v) is 3.12. The summed E-state index contributed by atoms with van der Waals surface area (Å²) in [5, 5.41) is 12.9. The van der Waals surface area contributed by atoms with Gasteiger partial charge in [0.15, 0.2) is 5.82 Å². The van der Waals surface area contributed by atoms with Crippen LogP contribution < -0.4 is 0 Å². The van der Waals surface area contributed by atoms with Crippen LogP contribution in [0.5, 0.6) is 0 Å². The molecule has 3 aromatic rings. The van der Waals surface area contributed by atoms with Crippen LogP contribution in [0.15, 0.2) is 29.4 Å². The van der Waals surface area contributed by atoms with Crippen molar-refractivity contribution in [1.82, 2.24) is 19.4 Å². The van der Waals surface area contributed by atoms with E-state index in [1.165, 1.54) is 16.6 Å². The van der Waals surface area contributed by atoms with E-state index < -0.39 is 0 Å². The van der Waals surface area contributed by atoms with E-state index in [9.17, 15) is 0 Å². The summed E-state index contributed by atoms with van der Waals surface area (Å²) in [4.78, 5) is 0. The Labute approximate surface area is 140 Å². The smallest absolute Gasteiger partial charge is 0.216 e. The molecule has 0 saturated heterocycles. The topological polar surface area (TPSA) is 50.9 Å². The molecule has 0 saturated carbocycles. The minimum absolute atomic E-state index is 0.248. The Morgan fingerprint density at radius 3 is 2.78 bits per heavy atom. The summed E-state index contributed by atoms with van der Waals surface area (Å²) in [6, 6.07) is 8.40. The zero-order chi connectivity index (χ0) is 16.6. The van der Waals surface area contributed by atoms with Crippen LogP contribution in [0.3, 0.4) is 0 Å². The van der Waals surface area contributed by atoms with Gasteiger partial charge in [-0.25, -0.2) is 0 Å². The second-order valence-electron chi connectivity index (χ2n) is 5.86. The highest BCUT2D eigenvalue weighted by Gasteiger charge is 2.12. The third-order valence-electron chi connectivity index (χ3n) is 4.09. The third kappa shape index (κ3) is 2.63. The van der Waals surface area contributed by atoms with Crippen LogP contribution in [0.1, 0.15) is 43.8 Å². The van der Waals surface area contributed by atoms with E-state index in [4.69, 9.17) is 12.2 Å². The quantitative estimate of drug-likeness (QED) is 0.576. The van der Waals surface area contributed by atoms with Crippen LogP contribution in [0.4, 0.5) is 0 Å². The first kappa shape index (κ1) is 15.7. The number of nitrogens with one attached hydrogen (secondary N) is 1. The molecule has 120 valence electrons. The van der Waals surface area contributed by atoms with Gasteiger partial charge in [-0.3, -0.25) is 5.10 Å². The van der Waals surface area contributed by atoms with Gasteiger partial charge in [0.2, 0.25) is 4.77 Å². The van der Waals surface area contributed by atoms with E-state index in [0.717, 1.165) is 17.9 Å². The molecule has 0 fully saturated rings. The van der Waals surface area contributed by atoms with Crippen molar-refractivity contribution in [1.29, 1.82) is 0 Å². The summed E-state index contributed by atoms with van der Waals surface area (Å²) in [5.74, 6) is 1.08. The van der Waals surface area contributed by atoms with Gasteiger partial charge in [-0.2, -0.15) is 14.9 Å². The summed E-state index contributed by atoms with van der Waals surface area (Å²) in [6.45, 7) is 9.37. The fourth-order valence-electron chi connectivity index (χ4n) is 2.93. The predicted molar refractivity (Wildman–Crippen MR) is 96.8 cm³/mol. The number of aryl methyl sites for hydroxylation is 1. The van der Waals surface area contributed by atoms with Gasteiger partial charge in [-0.05, 0) is 32.1 Å². The van der Waals surface area contributed by atoms with E-state index in [0.29, 0.717) is 4.77 Å². The van der Waals surface area contributed by atoms with Crippen LogP contribution in [0, 0.1) is 11.7 Å². The number of rotatable bonds is 4. The monoisotopic (exact) mass is 327 g/mol. The minimum Gasteiger partial charge on any atom is -0.344 e. The highest BCUT2D eigenvalue weighted by Crippen LogP contribution is 2.24. The number of hydrogen-bond donors (Lipinski definition) is 1. The molecule has 0 aliphatic rings. The molecule has 3 rings (SSSR count). The molecule has 1 N–H and O–H groups in total. The van der Waals surface area contributed by atoms with Crippen molar-refractivity contribution in [2.75, 3.05) is 0 Å². The van der Waals surface area contributed by atoms with Gasteiger partial charge < -0.3 is 4.57 Å². The molecular weight excluding hydrogens is 306 g/mol. The van der Waals surface area contributed by atoms with E-state index in [1.807, 2.05) is 6.21 Å². The second kappa shape index (κ2) is 6.12. The second-order valence-corrected chi connectivity index (χ2v) is 6.25. The van der Waals surface area contributed by atoms with Gasteiger partial charge in [0.25, 0.3) is 0 Å². The molecule has 0 radical (unpaired) electrons. The van der Waals surface area contributed by atoms with Gasteiger partial charge in [0.1, 0.15) is 0 Å². The van der Waals surface area contributed by atoms with Crippen molar-refractivity contribution in [2.24, 2.45) is 5.10 Å². The molecule has 0 spiro atoms. The maximum atomic E-state index is 5.29. The van der Waals surface area contributed by atoms with Crippen molar-refractivity contribution in [3.63, 3.8) is 0 Å². The Bertz CT molecular complexity index is 926. The SMILES string of the molecule is CCn1c(C)c(/C=N\n2c(C(C)C)n[nH]c2=S)c2ccccc21. The first-order valence-electron chi connectivity index (χ1n) is 7.84. The molecule has 0 aliphatic carbocycles. The number of benzene rings is 1. The van der Waals surface area contributed by atoms with Crippen molar-refractivity contribution >= 4 is 29.3 Å². The molecule has 2 heterocycles. The molecule has 6 heteroatoms. The lowest BCUT2D eigenvalue weighted by molar-refractivity contribution is 0.695. The van der Waals surface area contributed by atoms with Crippen LogP contribution in [-0.2, 0) is 6.54 Å². The average Bonchev–Trinajstić information content (AvgIpc) is 3.03. The van der Waals surface area contributed by atoms with Crippen LogP contribution in [-0.4, -0.2) is 25.7 Å². The Kier molecular flexibility index (Phi) is 4.17. The van der Waals surface area contributed by atoms with Gasteiger partial charge in [0, 0.05) is 34.6 Å². The number of nitrogens with zero attached hydrogens (tertiary/aromatic N) is 4. The minimum atomic E-state index is 0.248. The van der Waals surface area contributed by atoms with E-state index >= 15 is 0 Å². The number of aromatic nitrogens is 4. The lowest BCUT2D eigenvalue weighted by Crippen LogP contribution is -2.01. The van der Waals surface area contributed by atoms with E-state index in [-0.39, 0.29) is 5.92 Å². The molecule has 0 unspecified atom stereocenters. The standard InChI is InChI=1S/C17H21N5S/c1-5-21-12(4)14(13-8-6-7-9-15(13)21)10-18-22-16(11(2)3)19-20-17(22)23/h6-11H,5H2,1-4H3,(H,20,23)/b18-10-. The molecule has 5 nitrogen and oxygen atoms in total. The highest BCUT2D eigenvalue weighted by atomic mass is 32.1. The Morgan fingerprint density at radius 2 is 2.09 bits per heavy atom. The molecule has 0 bridgehead atoms. The summed E-state index contributed by atoms with van der Waals surface area (Å²) in [6.07, 6.45) is 1.89. The molecule has 2 aromatic heterocycles. The molecule has 23 heavy (non-hydrogen) atoms. The lowest BCUT2D eigenvalue weighted by atomic mass is 10.1. The van der Waals surface area contributed by atoms with Gasteiger partial charge >= 0.3 is 0 Å². The zero-order valence-electron chi connectivity index (χ0n) is 13.9. The van der Waals surface area contributed by atoms with Gasteiger partial charge in [-0.1, -0.05) is 32.0 Å². The zero-order valence-corrected chi connectivity index (χ0v) is 14.7. The van der Waals surface area contributed by atoms with E-state index in [2.05, 4.69) is 71.8 Å². The first-order chi connectivity index (χ1) is 11.0. The predicted octanol–water partition coefficient (Wildman–Crippen LogP) is 4.23. The van der Waals surface area contributed by atoms with Crippen molar-refractivity contribution in [2.45, 2.75) is 40.2 Å². The number of H-pyrrole nitrogens is 1. The summed E-state index contributed by atoms with van der Waals surface area (Å²) < 4.78 is 4.52. The first-order valence-corrected chi connectivity index (χ1v) is 8.24. The maximum absolute atomic E-state index is 5.29. The highest BCUT2D eigenvalue weighted by molar-refractivity contribution is 7.71. The third-order valence-corrected chi connectivity index (χ3v) is 4.35. The molecule has 0 amide bonds.